The molecule has 2 rings (SSSR count). The molecule has 0 aliphatic carbocycles. The summed E-state index contributed by atoms with van der Waals surface area (Å²) in [5, 5.41) is 0. The molecule has 1 N–H and O–H groups in total. The van der Waals surface area contributed by atoms with Crippen molar-refractivity contribution >= 4 is 21.6 Å². The highest BCUT2D eigenvalue weighted by molar-refractivity contribution is 7.92. The Bertz CT molecular complexity index is 855. The third kappa shape index (κ3) is 5.10. The highest BCUT2D eigenvalue weighted by atomic mass is 32.2. The predicted molar refractivity (Wildman–Crippen MR) is 110 cm³/mol. The molecule has 27 heavy (non-hydrogen) atoms. The fraction of sp³-hybridized carbons (Fsp3) is 0.381. The van der Waals surface area contributed by atoms with Gasteiger partial charge in [-0.2, -0.15) is 0 Å². The predicted octanol–water partition coefficient (Wildman–Crippen LogP) is 4.48. The molecule has 2 aromatic rings. The Hall–Kier alpha value is -2.34. The third-order valence-corrected chi connectivity index (χ3v) is 6.20. The second-order valence-corrected chi connectivity index (χ2v) is 8.22. The van der Waals surface area contributed by atoms with Crippen molar-refractivity contribution in [2.45, 2.75) is 44.9 Å². The molecule has 2 aromatic carbocycles. The number of anilines is 1. The Morgan fingerprint density at radius 2 is 1.52 bits per heavy atom. The molecule has 0 saturated carbocycles. The summed E-state index contributed by atoms with van der Waals surface area (Å²) >= 11 is 0. The first-order valence-corrected chi connectivity index (χ1v) is 10.8. The van der Waals surface area contributed by atoms with Crippen LogP contribution in [0.3, 0.4) is 0 Å². The first-order valence-electron chi connectivity index (χ1n) is 9.34. The number of sulfonamides is 1. The van der Waals surface area contributed by atoms with Gasteiger partial charge in [0.05, 0.1) is 4.90 Å². The molecule has 0 unspecified atom stereocenters. The van der Waals surface area contributed by atoms with Crippen LogP contribution in [0, 0.1) is 0 Å². The molecule has 0 spiro atoms. The van der Waals surface area contributed by atoms with E-state index in [1.54, 1.807) is 41.3 Å². The lowest BCUT2D eigenvalue weighted by Gasteiger charge is -2.18. The standard InChI is InChI=1S/C21H28N2O3S/c1-5-16(4)17-10-14-20(15-11-17)27(25,26)22-19-12-8-18(9-13-19)21(24)23(6-2)7-3/h8-16,22H,5-7H2,1-4H3/t16-/m0/s1. The normalized spacial score (nSPS) is 12.4. The zero-order chi connectivity index (χ0) is 20.0. The van der Waals surface area contributed by atoms with E-state index < -0.39 is 10.0 Å². The van der Waals surface area contributed by atoms with Crippen LogP contribution in [0.15, 0.2) is 53.4 Å². The Labute approximate surface area is 162 Å². The van der Waals surface area contributed by atoms with Gasteiger partial charge in [0.2, 0.25) is 0 Å². The smallest absolute Gasteiger partial charge is 0.261 e. The molecule has 0 bridgehead atoms. The summed E-state index contributed by atoms with van der Waals surface area (Å²) in [5.41, 5.74) is 2.09. The maximum absolute atomic E-state index is 12.6. The van der Waals surface area contributed by atoms with Gasteiger partial charge < -0.3 is 4.90 Å². The minimum Gasteiger partial charge on any atom is -0.339 e. The second kappa shape index (κ2) is 9.04. The Kier molecular flexibility index (Phi) is 7.02. The quantitative estimate of drug-likeness (QED) is 0.725. The monoisotopic (exact) mass is 388 g/mol. The summed E-state index contributed by atoms with van der Waals surface area (Å²) in [5.74, 6) is 0.334. The number of amides is 1. The van der Waals surface area contributed by atoms with E-state index in [1.807, 2.05) is 26.0 Å². The fourth-order valence-electron chi connectivity index (χ4n) is 2.80. The zero-order valence-electron chi connectivity index (χ0n) is 16.4. The van der Waals surface area contributed by atoms with Gasteiger partial charge >= 0.3 is 0 Å². The molecule has 0 aromatic heterocycles. The van der Waals surface area contributed by atoms with Crippen LogP contribution in [-0.4, -0.2) is 32.3 Å². The number of carbonyl (C=O) groups excluding carboxylic acids is 1. The van der Waals surface area contributed by atoms with E-state index in [1.165, 1.54) is 0 Å². The van der Waals surface area contributed by atoms with Crippen molar-refractivity contribution in [1.82, 2.24) is 4.90 Å². The summed E-state index contributed by atoms with van der Waals surface area (Å²) in [6.07, 6.45) is 1.00. The van der Waals surface area contributed by atoms with Crippen LogP contribution >= 0.6 is 0 Å². The molecule has 1 amide bonds. The molecule has 6 heteroatoms. The SMILES string of the molecule is CC[C@H](C)c1ccc(S(=O)(=O)Nc2ccc(C(=O)N(CC)CC)cc2)cc1. The van der Waals surface area contributed by atoms with Gasteiger partial charge in [-0.25, -0.2) is 8.42 Å². The van der Waals surface area contributed by atoms with Crippen molar-refractivity contribution in [2.24, 2.45) is 0 Å². The maximum atomic E-state index is 12.6. The molecule has 0 aliphatic heterocycles. The maximum Gasteiger partial charge on any atom is 0.261 e. The average Bonchev–Trinajstić information content (AvgIpc) is 2.68. The van der Waals surface area contributed by atoms with E-state index in [9.17, 15) is 13.2 Å². The topological polar surface area (TPSA) is 66.5 Å². The summed E-state index contributed by atoms with van der Waals surface area (Å²) < 4.78 is 27.7. The minimum absolute atomic E-state index is 0.0601. The van der Waals surface area contributed by atoms with Gasteiger partial charge in [0.15, 0.2) is 0 Å². The molecular weight excluding hydrogens is 360 g/mol. The Morgan fingerprint density at radius 3 is 2.00 bits per heavy atom. The molecular formula is C21H28N2O3S. The molecule has 0 fully saturated rings. The molecule has 5 nitrogen and oxygen atoms in total. The number of benzene rings is 2. The van der Waals surface area contributed by atoms with Gasteiger partial charge in [-0.05, 0) is 68.1 Å². The van der Waals surface area contributed by atoms with Crippen LogP contribution in [0.25, 0.3) is 0 Å². The van der Waals surface area contributed by atoms with Crippen LogP contribution < -0.4 is 4.72 Å². The number of hydrogen-bond donors (Lipinski definition) is 1. The van der Waals surface area contributed by atoms with Gasteiger partial charge in [-0.3, -0.25) is 9.52 Å². The highest BCUT2D eigenvalue weighted by Crippen LogP contribution is 2.22. The third-order valence-electron chi connectivity index (χ3n) is 4.81. The van der Waals surface area contributed by atoms with Gasteiger partial charge in [0.1, 0.15) is 0 Å². The Morgan fingerprint density at radius 1 is 0.963 bits per heavy atom. The van der Waals surface area contributed by atoms with Crippen molar-refractivity contribution in [3.63, 3.8) is 0 Å². The fourth-order valence-corrected chi connectivity index (χ4v) is 3.86. The van der Waals surface area contributed by atoms with E-state index in [0.717, 1.165) is 12.0 Å². The number of carbonyl (C=O) groups is 1. The van der Waals surface area contributed by atoms with E-state index in [-0.39, 0.29) is 10.8 Å². The summed E-state index contributed by atoms with van der Waals surface area (Å²) in [4.78, 5) is 14.3. The van der Waals surface area contributed by atoms with Gasteiger partial charge in [0, 0.05) is 24.3 Å². The molecule has 1 atom stereocenters. The van der Waals surface area contributed by atoms with E-state index >= 15 is 0 Å². The van der Waals surface area contributed by atoms with Gasteiger partial charge in [-0.15, -0.1) is 0 Å². The minimum atomic E-state index is -3.67. The number of rotatable bonds is 8. The largest absolute Gasteiger partial charge is 0.339 e. The van der Waals surface area contributed by atoms with Crippen LogP contribution in [0.4, 0.5) is 5.69 Å². The van der Waals surface area contributed by atoms with Crippen LogP contribution in [0.1, 0.15) is 56.0 Å². The molecule has 0 aliphatic rings. The summed E-state index contributed by atoms with van der Waals surface area (Å²) in [6.45, 7) is 9.34. The summed E-state index contributed by atoms with van der Waals surface area (Å²) in [6, 6.07) is 13.5. The number of hydrogen-bond acceptors (Lipinski definition) is 3. The average molecular weight is 389 g/mol. The van der Waals surface area contributed by atoms with E-state index in [0.29, 0.717) is 30.3 Å². The van der Waals surface area contributed by atoms with Crippen molar-refractivity contribution in [1.29, 1.82) is 0 Å². The Balaban J connectivity index is 2.14. The first kappa shape index (κ1) is 21.0. The lowest BCUT2D eigenvalue weighted by Crippen LogP contribution is -2.30. The van der Waals surface area contributed by atoms with E-state index in [2.05, 4.69) is 18.6 Å². The zero-order valence-corrected chi connectivity index (χ0v) is 17.2. The lowest BCUT2D eigenvalue weighted by atomic mass is 9.99. The first-order chi connectivity index (χ1) is 12.8. The van der Waals surface area contributed by atoms with Crippen molar-refractivity contribution in [2.75, 3.05) is 17.8 Å². The number of nitrogens with zero attached hydrogens (tertiary/aromatic N) is 1. The molecule has 0 radical (unpaired) electrons. The highest BCUT2D eigenvalue weighted by Gasteiger charge is 2.16. The molecule has 146 valence electrons. The van der Waals surface area contributed by atoms with Crippen LogP contribution in [0.5, 0.6) is 0 Å². The van der Waals surface area contributed by atoms with Gasteiger partial charge in [-0.1, -0.05) is 26.0 Å². The molecule has 0 saturated heterocycles. The van der Waals surface area contributed by atoms with Crippen LogP contribution in [0.2, 0.25) is 0 Å². The van der Waals surface area contributed by atoms with Crippen LogP contribution in [-0.2, 0) is 10.0 Å². The summed E-state index contributed by atoms with van der Waals surface area (Å²) in [7, 11) is -3.67. The van der Waals surface area contributed by atoms with Crippen molar-refractivity contribution in [3.8, 4) is 0 Å². The van der Waals surface area contributed by atoms with Crippen molar-refractivity contribution in [3.05, 3.63) is 59.7 Å². The van der Waals surface area contributed by atoms with Crippen molar-refractivity contribution < 1.29 is 13.2 Å². The van der Waals surface area contributed by atoms with E-state index in [4.69, 9.17) is 0 Å². The second-order valence-electron chi connectivity index (χ2n) is 6.54. The number of nitrogens with one attached hydrogen (secondary N) is 1. The molecule has 0 heterocycles. The van der Waals surface area contributed by atoms with Gasteiger partial charge in [0.25, 0.3) is 15.9 Å². The lowest BCUT2D eigenvalue weighted by molar-refractivity contribution is 0.0773.